The van der Waals surface area contributed by atoms with E-state index in [1.54, 1.807) is 7.11 Å². The van der Waals surface area contributed by atoms with Gasteiger partial charge in [0.1, 0.15) is 23.9 Å². The van der Waals surface area contributed by atoms with E-state index in [-0.39, 0.29) is 0 Å². The largest absolute Gasteiger partial charge is 0.497 e. The van der Waals surface area contributed by atoms with Gasteiger partial charge in [0.2, 0.25) is 0 Å². The molecule has 112 valence electrons. The fourth-order valence-electron chi connectivity index (χ4n) is 2.62. The van der Waals surface area contributed by atoms with Crippen LogP contribution in [0.2, 0.25) is 0 Å². The van der Waals surface area contributed by atoms with Gasteiger partial charge in [0.25, 0.3) is 0 Å². The van der Waals surface area contributed by atoms with Crippen LogP contribution in [0.4, 0.5) is 0 Å². The highest BCUT2D eigenvalue weighted by molar-refractivity contribution is 5.31. The molecule has 5 heteroatoms. The number of benzene rings is 1. The molecule has 21 heavy (non-hydrogen) atoms. The van der Waals surface area contributed by atoms with Crippen molar-refractivity contribution in [2.24, 2.45) is 5.41 Å². The third-order valence-corrected chi connectivity index (χ3v) is 3.94. The van der Waals surface area contributed by atoms with Gasteiger partial charge in [0, 0.05) is 13.0 Å². The number of aromatic nitrogens is 3. The van der Waals surface area contributed by atoms with Crippen molar-refractivity contribution in [1.82, 2.24) is 14.8 Å². The molecule has 2 heterocycles. The number of methoxy groups -OCH3 is 1. The van der Waals surface area contributed by atoms with Gasteiger partial charge in [0.15, 0.2) is 5.82 Å². The van der Waals surface area contributed by atoms with E-state index in [4.69, 9.17) is 9.47 Å². The van der Waals surface area contributed by atoms with Crippen molar-refractivity contribution in [2.45, 2.75) is 39.8 Å². The second-order valence-electron chi connectivity index (χ2n) is 6.25. The van der Waals surface area contributed by atoms with Crippen molar-refractivity contribution in [3.8, 4) is 11.5 Å². The van der Waals surface area contributed by atoms with Crippen LogP contribution in [0.5, 0.6) is 11.5 Å². The Kier molecular flexibility index (Phi) is 3.57. The van der Waals surface area contributed by atoms with E-state index in [0.717, 1.165) is 42.5 Å². The van der Waals surface area contributed by atoms with Gasteiger partial charge in [-0.25, -0.2) is 0 Å². The normalized spacial score (nSPS) is 16.3. The van der Waals surface area contributed by atoms with Gasteiger partial charge in [-0.2, -0.15) is 0 Å². The second-order valence-corrected chi connectivity index (χ2v) is 6.25. The highest BCUT2D eigenvalue weighted by atomic mass is 16.5. The molecular formula is C16H21N3O2. The van der Waals surface area contributed by atoms with E-state index in [9.17, 15) is 0 Å². The summed E-state index contributed by atoms with van der Waals surface area (Å²) in [4.78, 5) is 0. The first-order valence-electron chi connectivity index (χ1n) is 7.25. The number of aryl methyl sites for hydroxylation is 1. The average molecular weight is 287 g/mol. The van der Waals surface area contributed by atoms with Gasteiger partial charge < -0.3 is 14.0 Å². The molecule has 0 saturated carbocycles. The standard InChI is InChI=1S/C16H21N3O2/c1-16(2)9-8-14-17-18-15(19(14)11-16)10-21-13-6-4-12(20-3)5-7-13/h4-7H,8-11H2,1-3H3. The van der Waals surface area contributed by atoms with Gasteiger partial charge in [-0.15, -0.1) is 10.2 Å². The molecule has 2 aromatic rings. The highest BCUT2D eigenvalue weighted by Gasteiger charge is 2.28. The Morgan fingerprint density at radius 2 is 1.86 bits per heavy atom. The molecule has 1 aromatic heterocycles. The van der Waals surface area contributed by atoms with Crippen molar-refractivity contribution in [3.05, 3.63) is 35.9 Å². The van der Waals surface area contributed by atoms with Crippen LogP contribution < -0.4 is 9.47 Å². The minimum atomic E-state index is 0.296. The van der Waals surface area contributed by atoms with Crippen LogP contribution in [0.3, 0.4) is 0 Å². The van der Waals surface area contributed by atoms with Gasteiger partial charge in [-0.3, -0.25) is 0 Å². The first-order valence-corrected chi connectivity index (χ1v) is 7.25. The molecule has 0 spiro atoms. The van der Waals surface area contributed by atoms with Crippen LogP contribution in [-0.4, -0.2) is 21.9 Å². The summed E-state index contributed by atoms with van der Waals surface area (Å²) in [6.45, 7) is 5.96. The van der Waals surface area contributed by atoms with Crippen LogP contribution in [-0.2, 0) is 19.6 Å². The van der Waals surface area contributed by atoms with Crippen LogP contribution in [0.25, 0.3) is 0 Å². The maximum absolute atomic E-state index is 5.81. The maximum Gasteiger partial charge on any atom is 0.171 e. The molecule has 0 fully saturated rings. The summed E-state index contributed by atoms with van der Waals surface area (Å²) in [7, 11) is 1.65. The molecule has 0 saturated heterocycles. The first-order chi connectivity index (χ1) is 10.1. The molecule has 0 amide bonds. The Hall–Kier alpha value is -2.04. The fraction of sp³-hybridized carbons (Fsp3) is 0.500. The Morgan fingerprint density at radius 3 is 2.57 bits per heavy atom. The van der Waals surface area contributed by atoms with E-state index >= 15 is 0 Å². The van der Waals surface area contributed by atoms with Crippen molar-refractivity contribution >= 4 is 0 Å². The van der Waals surface area contributed by atoms with Gasteiger partial charge in [-0.1, -0.05) is 13.8 Å². The van der Waals surface area contributed by atoms with E-state index in [1.807, 2.05) is 24.3 Å². The molecule has 1 aromatic carbocycles. The molecule has 3 rings (SSSR count). The Balaban J connectivity index is 1.70. The van der Waals surface area contributed by atoms with E-state index in [1.165, 1.54) is 0 Å². The van der Waals surface area contributed by atoms with Gasteiger partial charge in [-0.05, 0) is 36.1 Å². The third-order valence-electron chi connectivity index (χ3n) is 3.94. The Morgan fingerprint density at radius 1 is 1.14 bits per heavy atom. The number of hydrogen-bond acceptors (Lipinski definition) is 4. The summed E-state index contributed by atoms with van der Waals surface area (Å²) >= 11 is 0. The lowest BCUT2D eigenvalue weighted by Crippen LogP contribution is -2.28. The van der Waals surface area contributed by atoms with E-state index < -0.39 is 0 Å². The molecule has 0 N–H and O–H groups in total. The smallest absolute Gasteiger partial charge is 0.171 e. The van der Waals surface area contributed by atoms with Crippen molar-refractivity contribution < 1.29 is 9.47 Å². The summed E-state index contributed by atoms with van der Waals surface area (Å²) in [5.74, 6) is 3.60. The Labute approximate surface area is 124 Å². The van der Waals surface area contributed by atoms with Crippen LogP contribution in [0.1, 0.15) is 31.9 Å². The van der Waals surface area contributed by atoms with Crippen molar-refractivity contribution in [3.63, 3.8) is 0 Å². The molecule has 5 nitrogen and oxygen atoms in total. The number of ether oxygens (including phenoxy) is 2. The summed E-state index contributed by atoms with van der Waals surface area (Å²) < 4.78 is 13.1. The molecule has 1 aliphatic rings. The zero-order valence-corrected chi connectivity index (χ0v) is 12.8. The van der Waals surface area contributed by atoms with Gasteiger partial charge >= 0.3 is 0 Å². The molecule has 0 bridgehead atoms. The zero-order valence-electron chi connectivity index (χ0n) is 12.8. The molecule has 0 atom stereocenters. The molecule has 0 radical (unpaired) electrons. The SMILES string of the molecule is COc1ccc(OCc2nnc3n2CC(C)(C)CC3)cc1. The lowest BCUT2D eigenvalue weighted by atomic mass is 9.85. The maximum atomic E-state index is 5.81. The minimum absolute atomic E-state index is 0.296. The van der Waals surface area contributed by atoms with E-state index in [0.29, 0.717) is 12.0 Å². The lowest BCUT2D eigenvalue weighted by Gasteiger charge is -2.30. The van der Waals surface area contributed by atoms with Crippen LogP contribution in [0, 0.1) is 5.41 Å². The highest BCUT2D eigenvalue weighted by Crippen LogP contribution is 2.30. The first kappa shape index (κ1) is 13.9. The predicted octanol–water partition coefficient (Wildman–Crippen LogP) is 2.84. The topological polar surface area (TPSA) is 49.2 Å². The molecule has 0 unspecified atom stereocenters. The van der Waals surface area contributed by atoms with E-state index in [2.05, 4.69) is 28.6 Å². The minimum Gasteiger partial charge on any atom is -0.497 e. The third kappa shape index (κ3) is 3.01. The van der Waals surface area contributed by atoms with Crippen LogP contribution in [0.15, 0.2) is 24.3 Å². The van der Waals surface area contributed by atoms with Crippen molar-refractivity contribution in [1.29, 1.82) is 0 Å². The lowest BCUT2D eigenvalue weighted by molar-refractivity contribution is 0.227. The summed E-state index contributed by atoms with van der Waals surface area (Å²) in [5, 5.41) is 8.55. The second kappa shape index (κ2) is 5.39. The molecule has 0 aliphatic carbocycles. The zero-order chi connectivity index (χ0) is 14.9. The number of rotatable bonds is 4. The monoisotopic (exact) mass is 287 g/mol. The van der Waals surface area contributed by atoms with Crippen LogP contribution >= 0.6 is 0 Å². The molecule has 1 aliphatic heterocycles. The quantitative estimate of drug-likeness (QED) is 0.867. The molecular weight excluding hydrogens is 266 g/mol. The van der Waals surface area contributed by atoms with Gasteiger partial charge in [0.05, 0.1) is 7.11 Å². The predicted molar refractivity (Wildman–Crippen MR) is 79.5 cm³/mol. The Bertz CT molecular complexity index is 617. The summed E-state index contributed by atoms with van der Waals surface area (Å²) in [6.07, 6.45) is 2.15. The summed E-state index contributed by atoms with van der Waals surface area (Å²) in [6, 6.07) is 7.57. The number of hydrogen-bond donors (Lipinski definition) is 0. The van der Waals surface area contributed by atoms with Crippen molar-refractivity contribution in [2.75, 3.05) is 7.11 Å². The number of fused-ring (bicyclic) bond motifs is 1. The fourth-order valence-corrected chi connectivity index (χ4v) is 2.62. The summed E-state index contributed by atoms with van der Waals surface area (Å²) in [5.41, 5.74) is 0.296. The number of nitrogens with zero attached hydrogens (tertiary/aromatic N) is 3. The average Bonchev–Trinajstić information content (AvgIpc) is 2.86.